The van der Waals surface area contributed by atoms with Gasteiger partial charge in [-0.25, -0.2) is 4.63 Å². The third kappa shape index (κ3) is 5.33. The van der Waals surface area contributed by atoms with Gasteiger partial charge in [0.05, 0.1) is 6.61 Å². The normalized spacial score (nSPS) is 10.5. The van der Waals surface area contributed by atoms with Crippen LogP contribution in [0.1, 0.15) is 25.3 Å². The summed E-state index contributed by atoms with van der Waals surface area (Å²) in [5, 5.41) is 10.3. The van der Waals surface area contributed by atoms with Crippen LogP contribution in [0.2, 0.25) is 0 Å². The molecule has 1 amide bonds. The van der Waals surface area contributed by atoms with E-state index < -0.39 is 0 Å². The second-order valence-corrected chi connectivity index (χ2v) is 6.34. The molecule has 1 aromatic heterocycles. The summed E-state index contributed by atoms with van der Waals surface area (Å²) >= 11 is 0. The fraction of sp³-hybridized carbons (Fsp3) is 0.286. The van der Waals surface area contributed by atoms with E-state index in [2.05, 4.69) is 22.6 Å². The minimum Gasteiger partial charge on any atom is -0.494 e. The Kier molecular flexibility index (Phi) is 6.62. The van der Waals surface area contributed by atoms with Crippen LogP contribution in [0, 0.1) is 6.92 Å². The second kappa shape index (κ2) is 9.55. The number of aromatic nitrogens is 2. The molecule has 146 valence electrons. The van der Waals surface area contributed by atoms with Crippen molar-refractivity contribution in [3.8, 4) is 22.8 Å². The van der Waals surface area contributed by atoms with Crippen LogP contribution in [0.15, 0.2) is 53.2 Å². The molecule has 3 rings (SSSR count). The first-order valence-electron chi connectivity index (χ1n) is 9.21. The Hall–Kier alpha value is -3.35. The first-order chi connectivity index (χ1) is 13.7. The number of aryl methyl sites for hydroxylation is 1. The zero-order valence-electron chi connectivity index (χ0n) is 16.0. The number of amides is 1. The highest BCUT2D eigenvalue weighted by atomic mass is 16.6. The van der Waals surface area contributed by atoms with E-state index in [1.165, 1.54) is 0 Å². The molecule has 7 nitrogen and oxygen atoms in total. The highest BCUT2D eigenvalue weighted by Gasteiger charge is 2.15. The van der Waals surface area contributed by atoms with Crippen LogP contribution in [0.5, 0.6) is 11.5 Å². The molecular formula is C21H23N3O4. The molecule has 0 aliphatic carbocycles. The lowest BCUT2D eigenvalue weighted by Gasteiger charge is -2.07. The predicted molar refractivity (Wildman–Crippen MR) is 105 cm³/mol. The van der Waals surface area contributed by atoms with Crippen molar-refractivity contribution in [3.05, 3.63) is 54.1 Å². The van der Waals surface area contributed by atoms with Crippen molar-refractivity contribution in [2.75, 3.05) is 18.5 Å². The van der Waals surface area contributed by atoms with E-state index in [1.807, 2.05) is 55.5 Å². The van der Waals surface area contributed by atoms with Gasteiger partial charge in [-0.15, -0.1) is 0 Å². The lowest BCUT2D eigenvalue weighted by molar-refractivity contribution is -0.118. The molecule has 0 atom stereocenters. The molecule has 0 unspecified atom stereocenters. The van der Waals surface area contributed by atoms with Gasteiger partial charge in [0.15, 0.2) is 12.3 Å². The molecule has 0 saturated heterocycles. The van der Waals surface area contributed by atoms with E-state index in [9.17, 15) is 4.79 Å². The Morgan fingerprint density at radius 2 is 1.68 bits per heavy atom. The van der Waals surface area contributed by atoms with Gasteiger partial charge in [0.2, 0.25) is 5.82 Å². The SMILES string of the molecule is CCCCOc1ccc(-c2nonc2NC(=O)COc2ccc(C)cc2)cc1. The van der Waals surface area contributed by atoms with E-state index >= 15 is 0 Å². The summed E-state index contributed by atoms with van der Waals surface area (Å²) in [6.45, 7) is 4.65. The molecule has 0 fully saturated rings. The van der Waals surface area contributed by atoms with Gasteiger partial charge in [-0.1, -0.05) is 31.0 Å². The maximum absolute atomic E-state index is 12.2. The fourth-order valence-corrected chi connectivity index (χ4v) is 2.45. The molecule has 2 aromatic carbocycles. The van der Waals surface area contributed by atoms with Gasteiger partial charge >= 0.3 is 0 Å². The van der Waals surface area contributed by atoms with Crippen molar-refractivity contribution in [1.29, 1.82) is 0 Å². The number of benzene rings is 2. The summed E-state index contributed by atoms with van der Waals surface area (Å²) in [4.78, 5) is 12.2. The number of unbranched alkanes of at least 4 members (excludes halogenated alkanes) is 1. The number of nitrogens with one attached hydrogen (secondary N) is 1. The van der Waals surface area contributed by atoms with Gasteiger partial charge in [-0.3, -0.25) is 4.79 Å². The number of anilines is 1. The van der Waals surface area contributed by atoms with Crippen LogP contribution in [-0.4, -0.2) is 29.4 Å². The number of carbonyl (C=O) groups is 1. The first kappa shape index (κ1) is 19.4. The highest BCUT2D eigenvalue weighted by molar-refractivity contribution is 5.94. The van der Waals surface area contributed by atoms with Gasteiger partial charge in [0.25, 0.3) is 5.91 Å². The smallest absolute Gasteiger partial charge is 0.263 e. The molecule has 0 aliphatic heterocycles. The molecule has 3 aromatic rings. The van der Waals surface area contributed by atoms with E-state index in [-0.39, 0.29) is 18.3 Å². The molecule has 1 N–H and O–H groups in total. The van der Waals surface area contributed by atoms with Crippen LogP contribution in [0.4, 0.5) is 5.82 Å². The van der Waals surface area contributed by atoms with Gasteiger partial charge in [-0.2, -0.15) is 0 Å². The molecule has 7 heteroatoms. The largest absolute Gasteiger partial charge is 0.494 e. The lowest BCUT2D eigenvalue weighted by Crippen LogP contribution is -2.20. The summed E-state index contributed by atoms with van der Waals surface area (Å²) in [6, 6.07) is 14.9. The Labute approximate surface area is 163 Å². The van der Waals surface area contributed by atoms with Crippen LogP contribution < -0.4 is 14.8 Å². The molecule has 0 saturated carbocycles. The summed E-state index contributed by atoms with van der Waals surface area (Å²) in [5.41, 5.74) is 2.33. The third-order valence-corrected chi connectivity index (χ3v) is 4.03. The predicted octanol–water partition coefficient (Wildman–Crippen LogP) is 4.24. The third-order valence-electron chi connectivity index (χ3n) is 4.03. The zero-order valence-corrected chi connectivity index (χ0v) is 16.0. The molecule has 0 radical (unpaired) electrons. The maximum Gasteiger partial charge on any atom is 0.263 e. The van der Waals surface area contributed by atoms with Crippen LogP contribution in [-0.2, 0) is 4.79 Å². The Balaban J connectivity index is 1.58. The number of hydrogen-bond donors (Lipinski definition) is 1. The monoisotopic (exact) mass is 381 g/mol. The molecule has 28 heavy (non-hydrogen) atoms. The number of nitrogens with zero attached hydrogens (tertiary/aromatic N) is 2. The number of carbonyl (C=O) groups excluding carboxylic acids is 1. The number of hydrogen-bond acceptors (Lipinski definition) is 6. The van der Waals surface area contributed by atoms with Crippen molar-refractivity contribution in [3.63, 3.8) is 0 Å². The topological polar surface area (TPSA) is 86.5 Å². The fourth-order valence-electron chi connectivity index (χ4n) is 2.45. The molecule has 0 aliphatic rings. The Morgan fingerprint density at radius 3 is 2.39 bits per heavy atom. The highest BCUT2D eigenvalue weighted by Crippen LogP contribution is 2.26. The van der Waals surface area contributed by atoms with Crippen LogP contribution in [0.3, 0.4) is 0 Å². The van der Waals surface area contributed by atoms with Crippen molar-refractivity contribution in [1.82, 2.24) is 10.3 Å². The summed E-state index contributed by atoms with van der Waals surface area (Å²) in [6.07, 6.45) is 2.09. The minimum absolute atomic E-state index is 0.139. The lowest BCUT2D eigenvalue weighted by atomic mass is 10.1. The first-order valence-corrected chi connectivity index (χ1v) is 9.21. The van der Waals surface area contributed by atoms with Crippen molar-refractivity contribution < 1.29 is 18.9 Å². The minimum atomic E-state index is -0.350. The van der Waals surface area contributed by atoms with Crippen molar-refractivity contribution in [2.45, 2.75) is 26.7 Å². The summed E-state index contributed by atoms with van der Waals surface area (Å²) < 4.78 is 15.9. The Bertz CT molecular complexity index is 889. The summed E-state index contributed by atoms with van der Waals surface area (Å²) in [5.74, 6) is 1.30. The zero-order chi connectivity index (χ0) is 19.8. The van der Waals surface area contributed by atoms with Crippen LogP contribution >= 0.6 is 0 Å². The number of rotatable bonds is 9. The van der Waals surface area contributed by atoms with E-state index in [4.69, 9.17) is 14.1 Å². The molecule has 0 bridgehead atoms. The van der Waals surface area contributed by atoms with Crippen molar-refractivity contribution >= 4 is 11.7 Å². The standard InChI is InChI=1S/C21H23N3O4/c1-3-4-13-26-17-11-7-16(8-12-17)20-21(24-28-23-20)22-19(25)14-27-18-9-5-15(2)6-10-18/h5-12H,3-4,13-14H2,1-2H3,(H,22,24,25). The van der Waals surface area contributed by atoms with Gasteiger partial charge < -0.3 is 14.8 Å². The van der Waals surface area contributed by atoms with Gasteiger partial charge in [0, 0.05) is 5.56 Å². The second-order valence-electron chi connectivity index (χ2n) is 6.34. The van der Waals surface area contributed by atoms with E-state index in [0.29, 0.717) is 18.1 Å². The average Bonchev–Trinajstić information content (AvgIpc) is 3.16. The quantitative estimate of drug-likeness (QED) is 0.558. The van der Waals surface area contributed by atoms with E-state index in [0.717, 1.165) is 29.7 Å². The van der Waals surface area contributed by atoms with Gasteiger partial charge in [-0.05, 0) is 60.1 Å². The molecular weight excluding hydrogens is 358 g/mol. The van der Waals surface area contributed by atoms with Crippen LogP contribution in [0.25, 0.3) is 11.3 Å². The average molecular weight is 381 g/mol. The van der Waals surface area contributed by atoms with Crippen molar-refractivity contribution in [2.24, 2.45) is 0 Å². The maximum atomic E-state index is 12.2. The summed E-state index contributed by atoms with van der Waals surface area (Å²) in [7, 11) is 0. The van der Waals surface area contributed by atoms with Gasteiger partial charge in [0.1, 0.15) is 11.5 Å². The number of ether oxygens (including phenoxy) is 2. The molecule has 1 heterocycles. The van der Waals surface area contributed by atoms with E-state index in [1.54, 1.807) is 0 Å². The Morgan fingerprint density at radius 1 is 1.00 bits per heavy atom. The molecule has 0 spiro atoms.